The van der Waals surface area contributed by atoms with Gasteiger partial charge in [0.25, 0.3) is 0 Å². The molecule has 1 unspecified atom stereocenters. The highest BCUT2D eigenvalue weighted by Gasteiger charge is 2.13. The monoisotopic (exact) mass is 359 g/mol. The van der Waals surface area contributed by atoms with Gasteiger partial charge in [-0.25, -0.2) is 8.42 Å². The number of hydrogen-bond acceptors (Lipinski definition) is 5. The van der Waals surface area contributed by atoms with Crippen LogP contribution in [0.4, 0.5) is 0 Å². The van der Waals surface area contributed by atoms with Crippen LogP contribution in [-0.2, 0) is 9.84 Å². The summed E-state index contributed by atoms with van der Waals surface area (Å²) in [5.41, 5.74) is 0. The number of guanidine groups is 1. The Bertz CT molecular complexity index is 354. The zero-order valence-electron chi connectivity index (χ0n) is 9.27. The maximum Gasteiger partial charge on any atom is 0.191 e. The zero-order valence-corrected chi connectivity index (χ0v) is 12.4. The molecule has 0 radical (unpaired) electrons. The standard InChI is InChI=1S/C9H17N3O2S.HI/c1-3-5-15(13,14)6-4-10-9-11-7-8(2)12-9;/h3,8H,1,4-7H2,2H3,(H2,10,11,12);1H. The molecule has 1 aliphatic rings. The van der Waals surface area contributed by atoms with Crippen LogP contribution < -0.4 is 10.6 Å². The van der Waals surface area contributed by atoms with Crippen molar-refractivity contribution in [2.75, 3.05) is 24.6 Å². The van der Waals surface area contributed by atoms with Crippen molar-refractivity contribution in [1.82, 2.24) is 10.6 Å². The van der Waals surface area contributed by atoms with Crippen molar-refractivity contribution in [2.45, 2.75) is 13.0 Å². The Morgan fingerprint density at radius 2 is 2.38 bits per heavy atom. The van der Waals surface area contributed by atoms with Gasteiger partial charge in [-0.15, -0.1) is 30.6 Å². The Morgan fingerprint density at radius 3 is 2.88 bits per heavy atom. The van der Waals surface area contributed by atoms with Gasteiger partial charge in [-0.3, -0.25) is 4.99 Å². The Morgan fingerprint density at radius 1 is 1.69 bits per heavy atom. The fraction of sp³-hybridized carbons (Fsp3) is 0.667. The smallest absolute Gasteiger partial charge is 0.191 e. The van der Waals surface area contributed by atoms with E-state index in [4.69, 9.17) is 0 Å². The Labute approximate surface area is 114 Å². The Kier molecular flexibility index (Phi) is 6.96. The van der Waals surface area contributed by atoms with E-state index >= 15 is 0 Å². The van der Waals surface area contributed by atoms with E-state index in [-0.39, 0.29) is 35.5 Å². The molecule has 0 fully saturated rings. The molecule has 0 bridgehead atoms. The summed E-state index contributed by atoms with van der Waals surface area (Å²) >= 11 is 0. The quantitative estimate of drug-likeness (QED) is 0.541. The molecule has 1 aliphatic heterocycles. The van der Waals surface area contributed by atoms with E-state index in [1.54, 1.807) is 0 Å². The molecule has 0 aromatic rings. The maximum absolute atomic E-state index is 11.3. The van der Waals surface area contributed by atoms with Crippen LogP contribution in [0.15, 0.2) is 17.6 Å². The van der Waals surface area contributed by atoms with Crippen molar-refractivity contribution >= 4 is 39.8 Å². The maximum atomic E-state index is 11.3. The van der Waals surface area contributed by atoms with Gasteiger partial charge in [-0.1, -0.05) is 6.08 Å². The van der Waals surface area contributed by atoms with Crippen molar-refractivity contribution in [1.29, 1.82) is 0 Å². The zero-order chi connectivity index (χ0) is 11.3. The molecule has 5 nitrogen and oxygen atoms in total. The van der Waals surface area contributed by atoms with Gasteiger partial charge in [-0.05, 0) is 6.92 Å². The summed E-state index contributed by atoms with van der Waals surface area (Å²) in [6.45, 7) is 6.55. The molecule has 0 saturated heterocycles. The molecule has 0 aromatic heterocycles. The second-order valence-corrected chi connectivity index (χ2v) is 5.79. The Balaban J connectivity index is 0.00000225. The summed E-state index contributed by atoms with van der Waals surface area (Å²) in [5.74, 6) is 0.829. The molecular formula is C9H18IN3O2S. The molecule has 16 heavy (non-hydrogen) atoms. The molecule has 0 aliphatic carbocycles. The van der Waals surface area contributed by atoms with E-state index in [0.717, 1.165) is 6.54 Å². The van der Waals surface area contributed by atoms with E-state index in [1.165, 1.54) is 6.08 Å². The van der Waals surface area contributed by atoms with Gasteiger partial charge in [0, 0.05) is 12.6 Å². The van der Waals surface area contributed by atoms with Crippen LogP contribution in [0.2, 0.25) is 0 Å². The number of sulfone groups is 1. The number of rotatable bonds is 5. The summed E-state index contributed by atoms with van der Waals surface area (Å²) in [4.78, 5) is 4.16. The highest BCUT2D eigenvalue weighted by Crippen LogP contribution is 1.93. The van der Waals surface area contributed by atoms with Crippen LogP contribution in [0.5, 0.6) is 0 Å². The molecule has 1 rings (SSSR count). The van der Waals surface area contributed by atoms with Crippen molar-refractivity contribution in [3.63, 3.8) is 0 Å². The predicted molar refractivity (Wildman–Crippen MR) is 77.2 cm³/mol. The average Bonchev–Trinajstić information content (AvgIpc) is 2.51. The fourth-order valence-corrected chi connectivity index (χ4v) is 2.19. The first-order chi connectivity index (χ1) is 7.03. The molecule has 0 spiro atoms. The SMILES string of the molecule is C=CCS(=O)(=O)CCNC1=NCC(C)N1.I. The summed E-state index contributed by atoms with van der Waals surface area (Å²) < 4.78 is 22.6. The average molecular weight is 359 g/mol. The molecule has 2 N–H and O–H groups in total. The van der Waals surface area contributed by atoms with E-state index < -0.39 is 9.84 Å². The van der Waals surface area contributed by atoms with E-state index in [9.17, 15) is 8.42 Å². The highest BCUT2D eigenvalue weighted by atomic mass is 127. The van der Waals surface area contributed by atoms with Crippen LogP contribution in [0.1, 0.15) is 6.92 Å². The molecule has 0 saturated carbocycles. The number of nitrogens with zero attached hydrogens (tertiary/aromatic N) is 1. The van der Waals surface area contributed by atoms with Gasteiger partial charge >= 0.3 is 0 Å². The molecule has 1 atom stereocenters. The first-order valence-electron chi connectivity index (χ1n) is 4.89. The van der Waals surface area contributed by atoms with Gasteiger partial charge in [0.15, 0.2) is 15.8 Å². The van der Waals surface area contributed by atoms with Crippen molar-refractivity contribution < 1.29 is 8.42 Å². The third kappa shape index (κ3) is 5.69. The molecular weight excluding hydrogens is 341 g/mol. The minimum atomic E-state index is -3.00. The Hall–Kier alpha value is -0.310. The fourth-order valence-electron chi connectivity index (χ4n) is 1.25. The van der Waals surface area contributed by atoms with Crippen LogP contribution in [0, 0.1) is 0 Å². The highest BCUT2D eigenvalue weighted by molar-refractivity contribution is 14.0. The molecule has 94 valence electrons. The third-order valence-corrected chi connectivity index (χ3v) is 3.55. The van der Waals surface area contributed by atoms with Gasteiger partial charge in [0.2, 0.25) is 0 Å². The summed E-state index contributed by atoms with van der Waals surface area (Å²) in [5, 5.41) is 6.05. The number of nitrogens with one attached hydrogen (secondary N) is 2. The lowest BCUT2D eigenvalue weighted by Crippen LogP contribution is -2.39. The van der Waals surface area contributed by atoms with Gasteiger partial charge < -0.3 is 10.6 Å². The van der Waals surface area contributed by atoms with E-state index in [1.807, 2.05) is 6.92 Å². The van der Waals surface area contributed by atoms with E-state index in [2.05, 4.69) is 22.2 Å². The lowest BCUT2D eigenvalue weighted by Gasteiger charge is -2.08. The largest absolute Gasteiger partial charge is 0.355 e. The minimum Gasteiger partial charge on any atom is -0.355 e. The normalized spacial score (nSPS) is 19.3. The lowest BCUT2D eigenvalue weighted by molar-refractivity contribution is 0.597. The van der Waals surface area contributed by atoms with Crippen LogP contribution in [-0.4, -0.2) is 45.0 Å². The van der Waals surface area contributed by atoms with Crippen molar-refractivity contribution in [2.24, 2.45) is 4.99 Å². The van der Waals surface area contributed by atoms with E-state index in [0.29, 0.717) is 18.5 Å². The lowest BCUT2D eigenvalue weighted by atomic mass is 10.4. The van der Waals surface area contributed by atoms with Crippen molar-refractivity contribution in [3.8, 4) is 0 Å². The number of halogens is 1. The van der Waals surface area contributed by atoms with Crippen LogP contribution in [0.3, 0.4) is 0 Å². The van der Waals surface area contributed by atoms with Crippen molar-refractivity contribution in [3.05, 3.63) is 12.7 Å². The molecule has 0 aromatic carbocycles. The first kappa shape index (κ1) is 15.7. The number of aliphatic imine (C=N–C) groups is 1. The molecule has 7 heteroatoms. The molecule has 1 heterocycles. The second-order valence-electron chi connectivity index (χ2n) is 3.56. The number of hydrogen-bond donors (Lipinski definition) is 2. The minimum absolute atomic E-state index is 0. The summed E-state index contributed by atoms with van der Waals surface area (Å²) in [7, 11) is -3.00. The van der Waals surface area contributed by atoms with Crippen LogP contribution >= 0.6 is 24.0 Å². The molecule has 0 amide bonds. The first-order valence-corrected chi connectivity index (χ1v) is 6.72. The third-order valence-electron chi connectivity index (χ3n) is 1.98. The van der Waals surface area contributed by atoms with Gasteiger partial charge in [-0.2, -0.15) is 0 Å². The predicted octanol–water partition coefficient (Wildman–Crippen LogP) is 0.142. The second kappa shape index (κ2) is 7.10. The summed E-state index contributed by atoms with van der Waals surface area (Å²) in [6.07, 6.45) is 1.41. The van der Waals surface area contributed by atoms with Gasteiger partial charge in [0.05, 0.1) is 18.1 Å². The summed E-state index contributed by atoms with van der Waals surface area (Å²) in [6, 6.07) is 0.331. The topological polar surface area (TPSA) is 70.6 Å². The van der Waals surface area contributed by atoms with Crippen LogP contribution in [0.25, 0.3) is 0 Å². The van der Waals surface area contributed by atoms with Gasteiger partial charge in [0.1, 0.15) is 0 Å².